The topological polar surface area (TPSA) is 75.8 Å². The Bertz CT molecular complexity index is 580. The number of nitrogens with zero attached hydrogens (tertiary/aromatic N) is 1. The summed E-state index contributed by atoms with van der Waals surface area (Å²) in [5.74, 6) is 4.35. The van der Waals surface area contributed by atoms with Crippen LogP contribution in [0, 0.1) is 17.7 Å². The van der Waals surface area contributed by atoms with Crippen LogP contribution in [0.25, 0.3) is 0 Å². The lowest BCUT2D eigenvalue weighted by Gasteiger charge is -2.34. The average molecular weight is 292 g/mol. The Labute approximate surface area is 122 Å². The number of rotatable bonds is 2. The van der Waals surface area contributed by atoms with Crippen molar-refractivity contribution in [3.63, 3.8) is 0 Å². The summed E-state index contributed by atoms with van der Waals surface area (Å²) in [5.41, 5.74) is 5.76. The molecule has 21 heavy (non-hydrogen) atoms. The lowest BCUT2D eigenvalue weighted by atomic mass is 10.1. The van der Waals surface area contributed by atoms with Gasteiger partial charge in [-0.1, -0.05) is 11.8 Å². The summed E-state index contributed by atoms with van der Waals surface area (Å²) in [4.78, 5) is 13.9. The van der Waals surface area contributed by atoms with Gasteiger partial charge >= 0.3 is 0 Å². The van der Waals surface area contributed by atoms with Crippen molar-refractivity contribution >= 4 is 5.91 Å². The molecule has 1 aliphatic heterocycles. The van der Waals surface area contributed by atoms with Crippen LogP contribution in [0.2, 0.25) is 0 Å². The normalized spacial score (nSPS) is 18.0. The van der Waals surface area contributed by atoms with Gasteiger partial charge in [0.15, 0.2) is 0 Å². The lowest BCUT2D eigenvalue weighted by molar-refractivity contribution is -0.0185. The first kappa shape index (κ1) is 15.4. The van der Waals surface area contributed by atoms with E-state index in [4.69, 9.17) is 10.5 Å². The summed E-state index contributed by atoms with van der Waals surface area (Å²) in [7, 11) is 0. The van der Waals surface area contributed by atoms with Crippen LogP contribution in [-0.2, 0) is 4.74 Å². The van der Waals surface area contributed by atoms with Crippen molar-refractivity contribution in [3.05, 3.63) is 35.1 Å². The van der Waals surface area contributed by atoms with Crippen LogP contribution in [0.15, 0.2) is 18.2 Å². The van der Waals surface area contributed by atoms with E-state index in [1.807, 2.05) is 0 Å². The van der Waals surface area contributed by atoms with Gasteiger partial charge in [0.2, 0.25) is 0 Å². The second-order valence-corrected chi connectivity index (χ2v) is 4.61. The number of carbonyl (C=O) groups excluding carboxylic acids is 1. The molecule has 0 aromatic heterocycles. The minimum Gasteiger partial charge on any atom is -0.394 e. The molecule has 6 heteroatoms. The summed E-state index contributed by atoms with van der Waals surface area (Å²) < 4.78 is 19.1. The van der Waals surface area contributed by atoms with Gasteiger partial charge < -0.3 is 20.5 Å². The van der Waals surface area contributed by atoms with Crippen molar-refractivity contribution in [1.82, 2.24) is 4.90 Å². The predicted octanol–water partition coefficient (Wildman–Crippen LogP) is -0.0308. The van der Waals surface area contributed by atoms with Gasteiger partial charge in [0.05, 0.1) is 38.0 Å². The third-order valence-electron chi connectivity index (χ3n) is 3.23. The zero-order chi connectivity index (χ0) is 15.2. The first-order valence-electron chi connectivity index (χ1n) is 6.65. The van der Waals surface area contributed by atoms with Crippen LogP contribution in [0.4, 0.5) is 4.39 Å². The molecule has 1 unspecified atom stereocenters. The Morgan fingerprint density at radius 3 is 3.10 bits per heavy atom. The molecule has 0 aliphatic carbocycles. The molecular weight excluding hydrogens is 275 g/mol. The smallest absolute Gasteiger partial charge is 0.257 e. The fraction of sp³-hybridized carbons (Fsp3) is 0.400. The number of hydrogen-bond acceptors (Lipinski definition) is 4. The number of benzene rings is 1. The maximum atomic E-state index is 13.9. The van der Waals surface area contributed by atoms with Gasteiger partial charge in [-0.2, -0.15) is 0 Å². The summed E-state index contributed by atoms with van der Waals surface area (Å²) in [5, 5.41) is 9.29. The fourth-order valence-corrected chi connectivity index (χ4v) is 2.15. The molecule has 0 radical (unpaired) electrons. The Kier molecular flexibility index (Phi) is 5.28. The molecule has 5 nitrogen and oxygen atoms in total. The number of aliphatic hydroxyl groups is 1. The first-order chi connectivity index (χ1) is 10.2. The summed E-state index contributed by atoms with van der Waals surface area (Å²) in [6, 6.07) is 3.66. The fourth-order valence-electron chi connectivity index (χ4n) is 2.15. The quantitative estimate of drug-likeness (QED) is 0.751. The lowest BCUT2D eigenvalue weighted by Crippen LogP contribution is -2.50. The van der Waals surface area contributed by atoms with Crippen molar-refractivity contribution in [2.75, 3.05) is 32.9 Å². The number of morpholine rings is 1. The number of carbonyl (C=O) groups is 1. The van der Waals surface area contributed by atoms with E-state index in [0.717, 1.165) is 0 Å². The van der Waals surface area contributed by atoms with Gasteiger partial charge in [0, 0.05) is 12.1 Å². The second-order valence-electron chi connectivity index (χ2n) is 4.61. The number of aliphatic hydroxyl groups excluding tert-OH is 1. The molecule has 1 aliphatic rings. The van der Waals surface area contributed by atoms with Gasteiger partial charge in [0.25, 0.3) is 5.91 Å². The van der Waals surface area contributed by atoms with Gasteiger partial charge in [-0.05, 0) is 18.2 Å². The molecule has 0 bridgehead atoms. The van der Waals surface area contributed by atoms with Crippen LogP contribution >= 0.6 is 0 Å². The molecule has 0 spiro atoms. The molecule has 1 aromatic rings. The molecule has 1 heterocycles. The zero-order valence-electron chi connectivity index (χ0n) is 11.5. The minimum atomic E-state index is -0.610. The van der Waals surface area contributed by atoms with Crippen LogP contribution < -0.4 is 5.73 Å². The Hall–Kier alpha value is -1.94. The Morgan fingerprint density at radius 1 is 1.57 bits per heavy atom. The average Bonchev–Trinajstić information content (AvgIpc) is 2.53. The molecule has 1 atom stereocenters. The molecular formula is C15H17FN2O3. The zero-order valence-corrected chi connectivity index (χ0v) is 11.5. The maximum Gasteiger partial charge on any atom is 0.257 e. The van der Waals surface area contributed by atoms with E-state index in [1.54, 1.807) is 0 Å². The van der Waals surface area contributed by atoms with Crippen LogP contribution in [0.1, 0.15) is 15.9 Å². The number of halogens is 1. The molecule has 112 valence electrons. The number of amides is 1. The van der Waals surface area contributed by atoms with Crippen molar-refractivity contribution in [2.24, 2.45) is 5.73 Å². The van der Waals surface area contributed by atoms with Gasteiger partial charge in [-0.15, -0.1) is 0 Å². The van der Waals surface area contributed by atoms with Crippen LogP contribution in [-0.4, -0.2) is 54.9 Å². The standard InChI is InChI=1S/C15H17FN2O3/c16-14-4-3-11(2-1-5-17)8-13(14)15(20)18-6-7-21-10-12(18)9-19/h3-4,8,12,19H,5-7,9-10,17H2. The van der Waals surface area contributed by atoms with Crippen LogP contribution in [0.5, 0.6) is 0 Å². The highest BCUT2D eigenvalue weighted by atomic mass is 19.1. The third-order valence-corrected chi connectivity index (χ3v) is 3.23. The molecule has 0 saturated carbocycles. The Morgan fingerprint density at radius 2 is 2.38 bits per heavy atom. The van der Waals surface area contributed by atoms with Gasteiger partial charge in [-0.25, -0.2) is 4.39 Å². The summed E-state index contributed by atoms with van der Waals surface area (Å²) in [6.45, 7) is 0.909. The van der Waals surface area contributed by atoms with Crippen molar-refractivity contribution in [2.45, 2.75) is 6.04 Å². The van der Waals surface area contributed by atoms with Crippen LogP contribution in [0.3, 0.4) is 0 Å². The van der Waals surface area contributed by atoms with Crippen molar-refractivity contribution < 1.29 is 19.0 Å². The number of hydrogen-bond donors (Lipinski definition) is 2. The highest BCUT2D eigenvalue weighted by molar-refractivity contribution is 5.95. The molecule has 3 N–H and O–H groups in total. The first-order valence-corrected chi connectivity index (χ1v) is 6.65. The van der Waals surface area contributed by atoms with E-state index in [1.165, 1.54) is 23.1 Å². The Balaban J connectivity index is 2.29. The van der Waals surface area contributed by atoms with E-state index in [9.17, 15) is 14.3 Å². The predicted molar refractivity (Wildman–Crippen MR) is 75.1 cm³/mol. The molecule has 1 aromatic carbocycles. The molecule has 1 fully saturated rings. The number of ether oxygens (including phenoxy) is 1. The second kappa shape index (κ2) is 7.18. The molecule has 1 saturated heterocycles. The van der Waals surface area contributed by atoms with Crippen molar-refractivity contribution in [1.29, 1.82) is 0 Å². The molecule has 1 amide bonds. The largest absolute Gasteiger partial charge is 0.394 e. The number of nitrogens with two attached hydrogens (primary N) is 1. The van der Waals surface area contributed by atoms with Gasteiger partial charge in [0.1, 0.15) is 5.82 Å². The maximum absolute atomic E-state index is 13.9. The van der Waals surface area contributed by atoms with E-state index in [2.05, 4.69) is 11.8 Å². The summed E-state index contributed by atoms with van der Waals surface area (Å²) >= 11 is 0. The van der Waals surface area contributed by atoms with Gasteiger partial charge in [-0.3, -0.25) is 4.79 Å². The third kappa shape index (κ3) is 3.58. The molecule has 2 rings (SSSR count). The highest BCUT2D eigenvalue weighted by Crippen LogP contribution is 2.16. The van der Waals surface area contributed by atoms with E-state index >= 15 is 0 Å². The van der Waals surface area contributed by atoms with E-state index in [0.29, 0.717) is 18.7 Å². The summed E-state index contributed by atoms with van der Waals surface area (Å²) in [6.07, 6.45) is 0. The van der Waals surface area contributed by atoms with Crippen molar-refractivity contribution in [3.8, 4) is 11.8 Å². The SMILES string of the molecule is NCC#Cc1ccc(F)c(C(=O)N2CCOCC2CO)c1. The minimum absolute atomic E-state index is 0.0563. The monoisotopic (exact) mass is 292 g/mol. The van der Waals surface area contributed by atoms with E-state index < -0.39 is 17.8 Å². The van der Waals surface area contributed by atoms with E-state index in [-0.39, 0.29) is 25.3 Å². The highest BCUT2D eigenvalue weighted by Gasteiger charge is 2.29.